The first kappa shape index (κ1) is 10.1. The number of amides is 1. The molecule has 1 aliphatic rings. The van der Waals surface area contributed by atoms with Crippen molar-refractivity contribution in [1.29, 1.82) is 0 Å². The van der Waals surface area contributed by atoms with E-state index < -0.39 is 6.23 Å². The number of hydrogen-bond donors (Lipinski definition) is 2. The molecule has 1 aromatic rings. The molecule has 2 rings (SSSR count). The lowest BCUT2D eigenvalue weighted by atomic mass is 10.1. The lowest BCUT2D eigenvalue weighted by Crippen LogP contribution is -2.29. The molecule has 1 heterocycles. The molecule has 15 heavy (non-hydrogen) atoms. The van der Waals surface area contributed by atoms with Gasteiger partial charge in [0.15, 0.2) is 6.23 Å². The van der Waals surface area contributed by atoms with Gasteiger partial charge in [-0.2, -0.15) is 0 Å². The van der Waals surface area contributed by atoms with Crippen LogP contribution in [0, 0.1) is 0 Å². The van der Waals surface area contributed by atoms with Gasteiger partial charge >= 0.3 is 0 Å². The second kappa shape index (κ2) is 4.00. The fourth-order valence-electron chi connectivity index (χ4n) is 1.82. The summed E-state index contributed by atoms with van der Waals surface area (Å²) in [5.74, 6) is -0.161. The van der Waals surface area contributed by atoms with Crippen molar-refractivity contribution in [2.75, 3.05) is 13.2 Å². The zero-order valence-corrected chi connectivity index (χ0v) is 8.26. The highest BCUT2D eigenvalue weighted by Gasteiger charge is 2.34. The first-order valence-electron chi connectivity index (χ1n) is 4.94. The smallest absolute Gasteiger partial charge is 0.256 e. The summed E-state index contributed by atoms with van der Waals surface area (Å²) < 4.78 is 0. The van der Waals surface area contributed by atoms with Crippen LogP contribution in [0.3, 0.4) is 0 Å². The van der Waals surface area contributed by atoms with Crippen molar-refractivity contribution in [3.05, 3.63) is 35.4 Å². The van der Waals surface area contributed by atoms with Gasteiger partial charge in [0.05, 0.1) is 0 Å². The molecule has 0 aromatic heterocycles. The number of nitrogens with zero attached hydrogens (tertiary/aromatic N) is 1. The lowest BCUT2D eigenvalue weighted by molar-refractivity contribution is 0.0155. The number of carbonyl (C=O) groups is 1. The molecular formula is C11H13NO3. The van der Waals surface area contributed by atoms with E-state index in [1.165, 1.54) is 4.90 Å². The van der Waals surface area contributed by atoms with Crippen LogP contribution >= 0.6 is 0 Å². The summed E-state index contributed by atoms with van der Waals surface area (Å²) in [5.41, 5.74) is 1.21. The van der Waals surface area contributed by atoms with Gasteiger partial charge in [0.25, 0.3) is 5.91 Å². The first-order chi connectivity index (χ1) is 7.25. The van der Waals surface area contributed by atoms with Crippen molar-refractivity contribution in [3.8, 4) is 0 Å². The Morgan fingerprint density at radius 3 is 2.73 bits per heavy atom. The van der Waals surface area contributed by atoms with Crippen molar-refractivity contribution < 1.29 is 15.0 Å². The van der Waals surface area contributed by atoms with Crippen LogP contribution < -0.4 is 0 Å². The Balaban J connectivity index is 2.25. The normalized spacial score (nSPS) is 19.5. The Labute approximate surface area is 87.8 Å². The second-order valence-corrected chi connectivity index (χ2v) is 3.54. The maximum atomic E-state index is 11.8. The topological polar surface area (TPSA) is 60.8 Å². The van der Waals surface area contributed by atoms with Crippen LogP contribution in [-0.4, -0.2) is 34.2 Å². The van der Waals surface area contributed by atoms with Crippen LogP contribution in [0.15, 0.2) is 24.3 Å². The minimum atomic E-state index is -0.861. The number of benzene rings is 1. The van der Waals surface area contributed by atoms with E-state index >= 15 is 0 Å². The quantitative estimate of drug-likeness (QED) is 0.759. The third-order valence-corrected chi connectivity index (χ3v) is 2.58. The third kappa shape index (κ3) is 1.62. The third-order valence-electron chi connectivity index (χ3n) is 2.58. The van der Waals surface area contributed by atoms with Gasteiger partial charge in [-0.1, -0.05) is 18.2 Å². The standard InChI is InChI=1S/C11H13NO3/c13-7-3-6-12-10(14)8-4-1-2-5-9(8)11(12)15/h1-2,4-5,10,13-14H,3,6-7H2/t10-/m0/s1. The van der Waals surface area contributed by atoms with E-state index in [-0.39, 0.29) is 12.5 Å². The van der Waals surface area contributed by atoms with E-state index in [1.807, 2.05) is 0 Å². The van der Waals surface area contributed by atoms with Gasteiger partial charge in [0.1, 0.15) is 0 Å². The average Bonchev–Trinajstić information content (AvgIpc) is 2.51. The second-order valence-electron chi connectivity index (χ2n) is 3.54. The lowest BCUT2D eigenvalue weighted by Gasteiger charge is -2.19. The summed E-state index contributed by atoms with van der Waals surface area (Å²) in [4.78, 5) is 13.2. The van der Waals surface area contributed by atoms with Gasteiger partial charge in [-0.3, -0.25) is 4.79 Å². The minimum Gasteiger partial charge on any atom is -0.396 e. The molecule has 0 unspecified atom stereocenters. The molecule has 1 aliphatic heterocycles. The van der Waals surface area contributed by atoms with Crippen LogP contribution in [0.4, 0.5) is 0 Å². The molecule has 80 valence electrons. The fourth-order valence-corrected chi connectivity index (χ4v) is 1.82. The van der Waals surface area contributed by atoms with Gasteiger partial charge in [-0.15, -0.1) is 0 Å². The van der Waals surface area contributed by atoms with E-state index in [2.05, 4.69) is 0 Å². The molecule has 1 aromatic carbocycles. The minimum absolute atomic E-state index is 0.0207. The van der Waals surface area contributed by atoms with Crippen molar-refractivity contribution in [3.63, 3.8) is 0 Å². The SMILES string of the molecule is O=C1c2ccccc2[C@H](O)N1CCCO. The van der Waals surface area contributed by atoms with Gasteiger partial charge in [0, 0.05) is 24.3 Å². The number of carbonyl (C=O) groups excluding carboxylic acids is 1. The fraction of sp³-hybridized carbons (Fsp3) is 0.364. The van der Waals surface area contributed by atoms with Crippen molar-refractivity contribution in [1.82, 2.24) is 4.90 Å². The Hall–Kier alpha value is -1.39. The molecule has 0 aliphatic carbocycles. The Bertz CT molecular complexity index is 378. The van der Waals surface area contributed by atoms with Crippen LogP contribution in [0.1, 0.15) is 28.6 Å². The molecule has 0 bridgehead atoms. The predicted molar refractivity (Wildman–Crippen MR) is 54.1 cm³/mol. The van der Waals surface area contributed by atoms with Crippen molar-refractivity contribution >= 4 is 5.91 Å². The van der Waals surface area contributed by atoms with Crippen LogP contribution in [0.5, 0.6) is 0 Å². The highest BCUT2D eigenvalue weighted by Crippen LogP contribution is 2.30. The number of aliphatic hydroxyl groups excluding tert-OH is 2. The zero-order chi connectivity index (χ0) is 10.8. The molecule has 4 heteroatoms. The summed E-state index contributed by atoms with van der Waals surface area (Å²) in [6.45, 7) is 0.401. The highest BCUT2D eigenvalue weighted by molar-refractivity contribution is 5.98. The predicted octanol–water partition coefficient (Wildman–Crippen LogP) is 0.516. The largest absolute Gasteiger partial charge is 0.396 e. The van der Waals surface area contributed by atoms with Crippen LogP contribution in [0.2, 0.25) is 0 Å². The summed E-state index contributed by atoms with van der Waals surface area (Å²) in [7, 11) is 0. The van der Waals surface area contributed by atoms with Gasteiger partial charge in [-0.05, 0) is 12.5 Å². The average molecular weight is 207 g/mol. The van der Waals surface area contributed by atoms with Crippen LogP contribution in [0.25, 0.3) is 0 Å². The monoisotopic (exact) mass is 207 g/mol. The molecule has 0 fully saturated rings. The maximum Gasteiger partial charge on any atom is 0.256 e. The number of rotatable bonds is 3. The van der Waals surface area contributed by atoms with E-state index in [0.717, 1.165) is 0 Å². The summed E-state index contributed by atoms with van der Waals surface area (Å²) in [6.07, 6.45) is -0.378. The zero-order valence-electron chi connectivity index (χ0n) is 8.26. The molecule has 0 radical (unpaired) electrons. The summed E-state index contributed by atoms with van der Waals surface area (Å²) >= 11 is 0. The Morgan fingerprint density at radius 2 is 2.07 bits per heavy atom. The maximum absolute atomic E-state index is 11.8. The molecule has 0 spiro atoms. The van der Waals surface area contributed by atoms with Gasteiger partial charge < -0.3 is 15.1 Å². The van der Waals surface area contributed by atoms with E-state index in [1.54, 1.807) is 24.3 Å². The Kier molecular flexibility index (Phi) is 2.70. The summed E-state index contributed by atoms with van der Waals surface area (Å²) in [5, 5.41) is 18.6. The van der Waals surface area contributed by atoms with E-state index in [4.69, 9.17) is 5.11 Å². The number of aliphatic hydroxyl groups is 2. The van der Waals surface area contributed by atoms with E-state index in [0.29, 0.717) is 24.1 Å². The number of hydrogen-bond acceptors (Lipinski definition) is 3. The first-order valence-corrected chi connectivity index (χ1v) is 4.94. The molecule has 0 saturated heterocycles. The van der Waals surface area contributed by atoms with E-state index in [9.17, 15) is 9.90 Å². The van der Waals surface area contributed by atoms with Gasteiger partial charge in [-0.25, -0.2) is 0 Å². The van der Waals surface area contributed by atoms with Crippen LogP contribution in [-0.2, 0) is 0 Å². The van der Waals surface area contributed by atoms with Crippen molar-refractivity contribution in [2.45, 2.75) is 12.6 Å². The Morgan fingerprint density at radius 1 is 1.33 bits per heavy atom. The van der Waals surface area contributed by atoms with Gasteiger partial charge in [0.2, 0.25) is 0 Å². The molecule has 1 amide bonds. The number of fused-ring (bicyclic) bond motifs is 1. The van der Waals surface area contributed by atoms with Crippen molar-refractivity contribution in [2.24, 2.45) is 0 Å². The molecule has 1 atom stereocenters. The summed E-state index contributed by atoms with van der Waals surface area (Å²) in [6, 6.07) is 7.03. The molecule has 4 nitrogen and oxygen atoms in total. The highest BCUT2D eigenvalue weighted by atomic mass is 16.3. The molecule has 2 N–H and O–H groups in total. The molecular weight excluding hydrogens is 194 g/mol. The molecule has 0 saturated carbocycles.